The average Bonchev–Trinajstić information content (AvgIpc) is 2.65. The van der Waals surface area contributed by atoms with E-state index in [1.165, 1.54) is 6.08 Å². The minimum atomic E-state index is -0.249. The van der Waals surface area contributed by atoms with Gasteiger partial charge < -0.3 is 19.5 Å². The molecule has 6 nitrogen and oxygen atoms in total. The van der Waals surface area contributed by atoms with E-state index in [1.807, 2.05) is 6.07 Å². The fourth-order valence-electron chi connectivity index (χ4n) is 2.27. The number of hydrogen-bond acceptors (Lipinski definition) is 5. The van der Waals surface area contributed by atoms with Gasteiger partial charge in [-0.15, -0.1) is 0 Å². The third kappa shape index (κ3) is 4.52. The lowest BCUT2D eigenvalue weighted by atomic mass is 10.2. The molecule has 1 heterocycles. The highest BCUT2D eigenvalue weighted by molar-refractivity contribution is 6.02. The molecule has 0 bridgehead atoms. The van der Waals surface area contributed by atoms with Gasteiger partial charge in [-0.1, -0.05) is 12.1 Å². The summed E-state index contributed by atoms with van der Waals surface area (Å²) >= 11 is 0. The molecular weight excluding hydrogens is 320 g/mol. The predicted molar refractivity (Wildman–Crippen MR) is 92.6 cm³/mol. The molecule has 1 aliphatic rings. The van der Waals surface area contributed by atoms with Crippen LogP contribution in [0.25, 0.3) is 6.08 Å². The van der Waals surface area contributed by atoms with Crippen LogP contribution in [-0.4, -0.2) is 25.7 Å². The van der Waals surface area contributed by atoms with Gasteiger partial charge in [-0.05, 0) is 35.9 Å². The van der Waals surface area contributed by atoms with Crippen molar-refractivity contribution in [3.63, 3.8) is 0 Å². The lowest BCUT2D eigenvalue weighted by Gasteiger charge is -2.18. The van der Waals surface area contributed by atoms with Crippen LogP contribution >= 0.6 is 0 Å². The van der Waals surface area contributed by atoms with E-state index in [9.17, 15) is 4.79 Å². The molecule has 0 aromatic heterocycles. The summed E-state index contributed by atoms with van der Waals surface area (Å²) < 4.78 is 16.1. The molecule has 2 aromatic carbocycles. The molecule has 1 amide bonds. The van der Waals surface area contributed by atoms with Crippen molar-refractivity contribution in [3.8, 4) is 23.3 Å². The van der Waals surface area contributed by atoms with E-state index in [0.717, 1.165) is 5.56 Å². The van der Waals surface area contributed by atoms with Crippen molar-refractivity contribution in [2.45, 2.75) is 0 Å². The van der Waals surface area contributed by atoms with Gasteiger partial charge in [-0.25, -0.2) is 0 Å². The van der Waals surface area contributed by atoms with Gasteiger partial charge in [0.1, 0.15) is 25.0 Å². The van der Waals surface area contributed by atoms with E-state index >= 15 is 0 Å². The van der Waals surface area contributed by atoms with Crippen molar-refractivity contribution in [2.75, 3.05) is 25.1 Å². The first-order chi connectivity index (χ1) is 12.2. The summed E-state index contributed by atoms with van der Waals surface area (Å²) in [6.07, 6.45) is 3.14. The number of amides is 1. The Labute approximate surface area is 145 Å². The summed E-state index contributed by atoms with van der Waals surface area (Å²) in [5.74, 6) is 1.67. The molecule has 0 saturated carbocycles. The summed E-state index contributed by atoms with van der Waals surface area (Å²) in [6, 6.07) is 14.3. The van der Waals surface area contributed by atoms with E-state index in [-0.39, 0.29) is 12.5 Å². The fraction of sp³-hybridized carbons (Fsp3) is 0.158. The summed E-state index contributed by atoms with van der Waals surface area (Å²) in [5.41, 5.74) is 1.49. The van der Waals surface area contributed by atoms with Crippen LogP contribution in [0.15, 0.2) is 48.5 Å². The van der Waals surface area contributed by atoms with Gasteiger partial charge in [0.05, 0.1) is 0 Å². The molecule has 0 unspecified atom stereocenters. The molecule has 0 spiro atoms. The summed E-state index contributed by atoms with van der Waals surface area (Å²) in [5, 5.41) is 11.2. The fourth-order valence-corrected chi connectivity index (χ4v) is 2.27. The second-order valence-electron chi connectivity index (χ2n) is 5.20. The number of hydrogen-bond donors (Lipinski definition) is 1. The lowest BCUT2D eigenvalue weighted by Crippen LogP contribution is -2.16. The first kappa shape index (κ1) is 16.4. The molecule has 6 heteroatoms. The maximum absolute atomic E-state index is 12.0. The zero-order valence-electron chi connectivity index (χ0n) is 13.4. The van der Waals surface area contributed by atoms with Crippen LogP contribution in [-0.2, 0) is 4.79 Å². The average molecular weight is 336 g/mol. The summed E-state index contributed by atoms with van der Waals surface area (Å²) in [6.45, 7) is 1.04. The number of carbonyl (C=O) groups excluding carboxylic acids is 1. The van der Waals surface area contributed by atoms with Gasteiger partial charge in [0.25, 0.3) is 0 Å². The van der Waals surface area contributed by atoms with Crippen LogP contribution < -0.4 is 19.5 Å². The zero-order chi connectivity index (χ0) is 17.5. The Kier molecular flexibility index (Phi) is 5.17. The number of nitrogens with one attached hydrogen (secondary N) is 1. The Morgan fingerprint density at radius 2 is 1.92 bits per heavy atom. The van der Waals surface area contributed by atoms with E-state index in [4.69, 9.17) is 19.5 Å². The number of anilines is 1. The van der Waals surface area contributed by atoms with Gasteiger partial charge in [0, 0.05) is 17.8 Å². The van der Waals surface area contributed by atoms with Crippen LogP contribution in [0, 0.1) is 11.3 Å². The molecule has 0 atom stereocenters. The van der Waals surface area contributed by atoms with Crippen LogP contribution in [0.1, 0.15) is 5.56 Å². The molecule has 0 fully saturated rings. The topological polar surface area (TPSA) is 80.6 Å². The van der Waals surface area contributed by atoms with Crippen LogP contribution in [0.4, 0.5) is 5.69 Å². The molecular formula is C19H16N2O4. The minimum Gasteiger partial charge on any atom is -0.486 e. The van der Waals surface area contributed by atoms with E-state index in [1.54, 1.807) is 48.5 Å². The van der Waals surface area contributed by atoms with Crippen molar-refractivity contribution < 1.29 is 19.0 Å². The lowest BCUT2D eigenvalue weighted by molar-refractivity contribution is -0.111. The molecule has 0 radical (unpaired) electrons. The Bertz CT molecular complexity index is 822. The van der Waals surface area contributed by atoms with E-state index in [2.05, 4.69) is 5.32 Å². The highest BCUT2D eigenvalue weighted by Crippen LogP contribution is 2.32. The number of ether oxygens (including phenoxy) is 3. The number of rotatable bonds is 5. The van der Waals surface area contributed by atoms with Gasteiger partial charge >= 0.3 is 0 Å². The van der Waals surface area contributed by atoms with Gasteiger partial charge in [-0.3, -0.25) is 4.79 Å². The van der Waals surface area contributed by atoms with Crippen molar-refractivity contribution >= 4 is 17.7 Å². The third-order valence-electron chi connectivity index (χ3n) is 3.42. The minimum absolute atomic E-state index is 0.00707. The second kappa shape index (κ2) is 7.88. The summed E-state index contributed by atoms with van der Waals surface area (Å²) in [7, 11) is 0. The van der Waals surface area contributed by atoms with Crippen LogP contribution in [0.2, 0.25) is 0 Å². The molecule has 0 saturated heterocycles. The molecule has 126 valence electrons. The Morgan fingerprint density at radius 1 is 1.16 bits per heavy atom. The van der Waals surface area contributed by atoms with E-state index < -0.39 is 0 Å². The maximum Gasteiger partial charge on any atom is 0.248 e. The zero-order valence-corrected chi connectivity index (χ0v) is 13.4. The number of benzene rings is 2. The van der Waals surface area contributed by atoms with Crippen molar-refractivity contribution in [1.82, 2.24) is 0 Å². The first-order valence-corrected chi connectivity index (χ1v) is 7.73. The molecule has 2 aromatic rings. The van der Waals surface area contributed by atoms with E-state index in [0.29, 0.717) is 36.1 Å². The number of fused-ring (bicyclic) bond motifs is 1. The quantitative estimate of drug-likeness (QED) is 0.849. The molecule has 3 rings (SSSR count). The highest BCUT2D eigenvalue weighted by atomic mass is 16.6. The summed E-state index contributed by atoms with van der Waals surface area (Å²) in [4.78, 5) is 12.0. The molecule has 25 heavy (non-hydrogen) atoms. The van der Waals surface area contributed by atoms with Gasteiger partial charge in [0.2, 0.25) is 5.91 Å². The number of carbonyl (C=O) groups is 1. The van der Waals surface area contributed by atoms with Crippen LogP contribution in [0.3, 0.4) is 0 Å². The Hall–Kier alpha value is -3.46. The second-order valence-corrected chi connectivity index (χ2v) is 5.20. The van der Waals surface area contributed by atoms with Gasteiger partial charge in [0.15, 0.2) is 18.1 Å². The predicted octanol–water partition coefficient (Wildman–Crippen LogP) is 3.01. The van der Waals surface area contributed by atoms with Gasteiger partial charge in [-0.2, -0.15) is 5.26 Å². The standard InChI is InChI=1S/C19H16N2O4/c20-9-10-23-16-5-1-14(2-6-16)3-8-19(22)21-15-4-7-17-18(13-15)25-12-11-24-17/h1-8,13H,10-12H2,(H,21,22)/b8-3+. The van der Waals surface area contributed by atoms with Crippen molar-refractivity contribution in [1.29, 1.82) is 5.26 Å². The molecule has 0 aliphatic carbocycles. The highest BCUT2D eigenvalue weighted by Gasteiger charge is 2.12. The smallest absolute Gasteiger partial charge is 0.248 e. The Balaban J connectivity index is 1.58. The Morgan fingerprint density at radius 3 is 2.68 bits per heavy atom. The monoisotopic (exact) mass is 336 g/mol. The van der Waals surface area contributed by atoms with Crippen molar-refractivity contribution in [2.24, 2.45) is 0 Å². The van der Waals surface area contributed by atoms with Crippen LogP contribution in [0.5, 0.6) is 17.2 Å². The maximum atomic E-state index is 12.0. The molecule has 1 aliphatic heterocycles. The molecule has 1 N–H and O–H groups in total. The normalized spacial score (nSPS) is 12.4. The third-order valence-corrected chi connectivity index (χ3v) is 3.42. The first-order valence-electron chi connectivity index (χ1n) is 7.73. The SMILES string of the molecule is N#CCOc1ccc(/C=C/C(=O)Nc2ccc3c(c2)OCCO3)cc1. The number of nitriles is 1. The largest absolute Gasteiger partial charge is 0.486 e. The van der Waals surface area contributed by atoms with Crippen molar-refractivity contribution in [3.05, 3.63) is 54.1 Å². The number of nitrogens with zero attached hydrogens (tertiary/aromatic N) is 1.